The molecule has 3 nitrogen and oxygen atoms in total. The first-order chi connectivity index (χ1) is 9.16. The number of hydrogen-bond donors (Lipinski definition) is 1. The highest BCUT2D eigenvalue weighted by Crippen LogP contribution is 2.15. The summed E-state index contributed by atoms with van der Waals surface area (Å²) in [5, 5.41) is 9.21. The third-order valence-corrected chi connectivity index (χ3v) is 2.77. The molecule has 1 atom stereocenters. The van der Waals surface area contributed by atoms with Crippen molar-refractivity contribution in [3.8, 4) is 5.75 Å². The summed E-state index contributed by atoms with van der Waals surface area (Å²) in [6.45, 7) is 1.95. The van der Waals surface area contributed by atoms with Crippen molar-refractivity contribution < 1.29 is 14.6 Å². The topological polar surface area (TPSA) is 46.5 Å². The molecule has 0 spiro atoms. The van der Waals surface area contributed by atoms with Gasteiger partial charge in [0.2, 0.25) is 0 Å². The van der Waals surface area contributed by atoms with E-state index in [0.29, 0.717) is 17.9 Å². The zero-order valence-electron chi connectivity index (χ0n) is 10.7. The van der Waals surface area contributed by atoms with Gasteiger partial charge in [0.15, 0.2) is 5.78 Å². The predicted octanol–water partition coefficient (Wildman–Crippen LogP) is 2.83. The smallest absolute Gasteiger partial charge is 0.190 e. The molecule has 98 valence electrons. The Kier molecular flexibility index (Phi) is 4.31. The molecule has 0 aliphatic carbocycles. The molecule has 1 N–H and O–H groups in total. The van der Waals surface area contributed by atoms with Gasteiger partial charge in [0.25, 0.3) is 0 Å². The number of aliphatic hydroxyl groups excluding tert-OH is 1. The number of carbonyl (C=O) groups is 1. The molecule has 3 heteroatoms. The summed E-state index contributed by atoms with van der Waals surface area (Å²) in [4.78, 5) is 11.5. The van der Waals surface area contributed by atoms with Crippen molar-refractivity contribution >= 4 is 5.78 Å². The van der Waals surface area contributed by atoms with Gasteiger partial charge in [-0.1, -0.05) is 30.3 Å². The third kappa shape index (κ3) is 3.66. The number of hydrogen-bond acceptors (Lipinski definition) is 3. The van der Waals surface area contributed by atoms with Gasteiger partial charge in [-0.3, -0.25) is 4.79 Å². The number of Topliss-reactive ketones (excluding diaryl/α,β-unsaturated/α-hetero) is 1. The van der Waals surface area contributed by atoms with E-state index in [1.54, 1.807) is 24.3 Å². The Bertz CT molecular complexity index is 530. The fourth-order valence-corrected chi connectivity index (χ4v) is 1.70. The van der Waals surface area contributed by atoms with Crippen molar-refractivity contribution in [2.75, 3.05) is 0 Å². The monoisotopic (exact) mass is 256 g/mol. The summed E-state index contributed by atoms with van der Waals surface area (Å²) in [5.74, 6) is 0.417. The molecule has 19 heavy (non-hydrogen) atoms. The molecule has 0 radical (unpaired) electrons. The Morgan fingerprint density at radius 2 is 1.74 bits per heavy atom. The van der Waals surface area contributed by atoms with E-state index in [2.05, 4.69) is 0 Å². The van der Waals surface area contributed by atoms with Gasteiger partial charge < -0.3 is 9.84 Å². The summed E-state index contributed by atoms with van der Waals surface area (Å²) >= 11 is 0. The molecular weight excluding hydrogens is 240 g/mol. The summed E-state index contributed by atoms with van der Waals surface area (Å²) < 4.78 is 5.61. The van der Waals surface area contributed by atoms with Crippen molar-refractivity contribution in [3.63, 3.8) is 0 Å². The maximum atomic E-state index is 11.5. The number of benzene rings is 2. The molecule has 0 aromatic heterocycles. The third-order valence-electron chi connectivity index (χ3n) is 2.77. The van der Waals surface area contributed by atoms with Crippen LogP contribution in [0.1, 0.15) is 22.8 Å². The van der Waals surface area contributed by atoms with Crippen LogP contribution in [0.3, 0.4) is 0 Å². The molecule has 0 bridgehead atoms. The second kappa shape index (κ2) is 6.16. The molecule has 0 aliphatic heterocycles. The Morgan fingerprint density at radius 3 is 2.32 bits per heavy atom. The summed E-state index contributed by atoms with van der Waals surface area (Å²) in [6.07, 6.45) is -0.976. The van der Waals surface area contributed by atoms with E-state index in [0.717, 1.165) is 5.56 Å². The van der Waals surface area contributed by atoms with E-state index < -0.39 is 6.10 Å². The first-order valence-electron chi connectivity index (χ1n) is 6.16. The number of ketones is 1. The predicted molar refractivity (Wildman–Crippen MR) is 73.2 cm³/mol. The highest BCUT2D eigenvalue weighted by molar-refractivity contribution is 5.99. The Balaban J connectivity index is 1.98. The van der Waals surface area contributed by atoms with Gasteiger partial charge in [0, 0.05) is 5.56 Å². The zero-order chi connectivity index (χ0) is 13.7. The molecular formula is C16H16O3. The van der Waals surface area contributed by atoms with Gasteiger partial charge >= 0.3 is 0 Å². The van der Waals surface area contributed by atoms with Crippen LogP contribution < -0.4 is 4.74 Å². The lowest BCUT2D eigenvalue weighted by Gasteiger charge is -2.08. The lowest BCUT2D eigenvalue weighted by molar-refractivity contribution is 0.0779. The van der Waals surface area contributed by atoms with Crippen LogP contribution in [-0.4, -0.2) is 17.0 Å². The molecule has 2 aromatic rings. The highest BCUT2D eigenvalue weighted by atomic mass is 16.5. The van der Waals surface area contributed by atoms with Gasteiger partial charge in [-0.15, -0.1) is 0 Å². The molecule has 0 heterocycles. The van der Waals surface area contributed by atoms with Crippen LogP contribution in [0.4, 0.5) is 0 Å². The lowest BCUT2D eigenvalue weighted by atomic mass is 10.1. The van der Waals surface area contributed by atoms with E-state index >= 15 is 0 Å². The van der Waals surface area contributed by atoms with Gasteiger partial charge in [-0.25, -0.2) is 0 Å². The van der Waals surface area contributed by atoms with Crippen LogP contribution in [0.15, 0.2) is 54.6 Å². The van der Waals surface area contributed by atoms with Crippen LogP contribution in [-0.2, 0) is 6.61 Å². The summed E-state index contributed by atoms with van der Waals surface area (Å²) in [7, 11) is 0. The maximum Gasteiger partial charge on any atom is 0.190 e. The van der Waals surface area contributed by atoms with E-state index in [-0.39, 0.29) is 5.78 Å². The number of aliphatic hydroxyl groups is 1. The maximum absolute atomic E-state index is 11.5. The van der Waals surface area contributed by atoms with Crippen molar-refractivity contribution in [3.05, 3.63) is 65.7 Å². The number of rotatable bonds is 5. The summed E-state index contributed by atoms with van der Waals surface area (Å²) in [6, 6.07) is 16.7. The second-order valence-electron chi connectivity index (χ2n) is 4.34. The van der Waals surface area contributed by atoms with Crippen LogP contribution in [0, 0.1) is 0 Å². The molecule has 2 aromatic carbocycles. The Hall–Kier alpha value is -2.13. The standard InChI is InChI=1S/C16H16O3/c1-12(17)16(18)14-7-9-15(10-8-14)19-11-13-5-3-2-4-6-13/h2-10,12,17H,11H2,1H3. The van der Waals surface area contributed by atoms with Crippen molar-refractivity contribution in [2.24, 2.45) is 0 Å². The number of carbonyl (C=O) groups excluding carboxylic acids is 1. The normalized spacial score (nSPS) is 11.9. The number of ether oxygens (including phenoxy) is 1. The largest absolute Gasteiger partial charge is 0.489 e. The highest BCUT2D eigenvalue weighted by Gasteiger charge is 2.11. The average Bonchev–Trinajstić information content (AvgIpc) is 2.46. The van der Waals surface area contributed by atoms with Crippen LogP contribution in [0.2, 0.25) is 0 Å². The van der Waals surface area contributed by atoms with E-state index in [4.69, 9.17) is 4.74 Å². The Morgan fingerprint density at radius 1 is 1.11 bits per heavy atom. The fraction of sp³-hybridized carbons (Fsp3) is 0.188. The molecule has 0 saturated heterocycles. The first-order valence-corrected chi connectivity index (χ1v) is 6.16. The molecule has 0 saturated carbocycles. The molecule has 0 fully saturated rings. The van der Waals surface area contributed by atoms with Crippen LogP contribution in [0.25, 0.3) is 0 Å². The summed E-state index contributed by atoms with van der Waals surface area (Å²) in [5.41, 5.74) is 1.58. The SMILES string of the molecule is CC(O)C(=O)c1ccc(OCc2ccccc2)cc1. The van der Waals surface area contributed by atoms with Crippen molar-refractivity contribution in [2.45, 2.75) is 19.6 Å². The molecule has 0 amide bonds. The van der Waals surface area contributed by atoms with E-state index in [1.165, 1.54) is 6.92 Å². The minimum atomic E-state index is -0.976. The first kappa shape index (κ1) is 13.3. The lowest BCUT2D eigenvalue weighted by Crippen LogP contribution is -2.15. The van der Waals surface area contributed by atoms with Gasteiger partial charge in [-0.2, -0.15) is 0 Å². The average molecular weight is 256 g/mol. The van der Waals surface area contributed by atoms with Crippen molar-refractivity contribution in [1.82, 2.24) is 0 Å². The fourth-order valence-electron chi connectivity index (χ4n) is 1.70. The van der Waals surface area contributed by atoms with E-state index in [1.807, 2.05) is 30.3 Å². The molecule has 1 unspecified atom stereocenters. The minimum Gasteiger partial charge on any atom is -0.489 e. The van der Waals surface area contributed by atoms with Crippen molar-refractivity contribution in [1.29, 1.82) is 0 Å². The van der Waals surface area contributed by atoms with Crippen LogP contribution >= 0.6 is 0 Å². The van der Waals surface area contributed by atoms with Crippen LogP contribution in [0.5, 0.6) is 5.75 Å². The van der Waals surface area contributed by atoms with Gasteiger partial charge in [0.05, 0.1) is 0 Å². The molecule has 2 rings (SSSR count). The zero-order valence-corrected chi connectivity index (χ0v) is 10.7. The molecule has 0 aliphatic rings. The quantitative estimate of drug-likeness (QED) is 0.837. The second-order valence-corrected chi connectivity index (χ2v) is 4.34. The van der Waals surface area contributed by atoms with Gasteiger partial charge in [-0.05, 0) is 36.8 Å². The Labute approximate surface area is 112 Å². The van der Waals surface area contributed by atoms with Gasteiger partial charge in [0.1, 0.15) is 18.5 Å². The van der Waals surface area contributed by atoms with E-state index in [9.17, 15) is 9.90 Å². The minimum absolute atomic E-state index is 0.283.